The number of hydrogen-bond donors (Lipinski definition) is 2. The Kier molecular flexibility index (Phi) is 5.49. The number of rotatable bonds is 5. The number of hydrogen-bond acceptors (Lipinski definition) is 4. The fraction of sp³-hybridized carbons (Fsp3) is 0.154. The highest BCUT2D eigenvalue weighted by Crippen LogP contribution is 2.46. The third-order valence-electron chi connectivity index (χ3n) is 6.11. The van der Waals surface area contributed by atoms with Crippen LogP contribution in [0.2, 0.25) is 5.02 Å². The number of amides is 1. The molecule has 1 aliphatic heterocycles. The van der Waals surface area contributed by atoms with Crippen LogP contribution in [0, 0.1) is 12.7 Å². The van der Waals surface area contributed by atoms with Gasteiger partial charge >= 0.3 is 0 Å². The van der Waals surface area contributed by atoms with E-state index in [1.165, 1.54) is 6.07 Å². The van der Waals surface area contributed by atoms with Gasteiger partial charge in [0.1, 0.15) is 28.7 Å². The van der Waals surface area contributed by atoms with Crippen molar-refractivity contribution >= 4 is 17.5 Å². The summed E-state index contributed by atoms with van der Waals surface area (Å²) in [6.07, 6.45) is 0. The van der Waals surface area contributed by atoms with Crippen molar-refractivity contribution in [2.24, 2.45) is 0 Å². The van der Waals surface area contributed by atoms with Gasteiger partial charge in [-0.3, -0.25) is 9.89 Å². The molecule has 1 amide bonds. The van der Waals surface area contributed by atoms with Crippen LogP contribution in [0.15, 0.2) is 60.7 Å². The molecular weight excluding hydrogens is 457 g/mol. The molecule has 0 fully saturated rings. The Morgan fingerprint density at radius 2 is 1.91 bits per heavy atom. The molecule has 34 heavy (non-hydrogen) atoms. The van der Waals surface area contributed by atoms with E-state index < -0.39 is 11.9 Å². The average Bonchev–Trinajstić information content (AvgIpc) is 3.37. The lowest BCUT2D eigenvalue weighted by atomic mass is 9.94. The first-order valence-corrected chi connectivity index (χ1v) is 11.0. The molecule has 0 aliphatic carbocycles. The molecule has 4 aromatic rings. The fourth-order valence-electron chi connectivity index (χ4n) is 4.37. The van der Waals surface area contributed by atoms with Crippen molar-refractivity contribution in [2.45, 2.75) is 19.5 Å². The van der Waals surface area contributed by atoms with Crippen LogP contribution in [-0.2, 0) is 6.54 Å². The molecule has 0 saturated carbocycles. The molecule has 2 N–H and O–H groups in total. The molecule has 0 saturated heterocycles. The smallest absolute Gasteiger partial charge is 0.273 e. The van der Waals surface area contributed by atoms with Crippen LogP contribution in [0.3, 0.4) is 0 Å². The number of benzene rings is 3. The van der Waals surface area contributed by atoms with Crippen molar-refractivity contribution in [1.82, 2.24) is 15.1 Å². The largest absolute Gasteiger partial charge is 0.507 e. The zero-order valence-corrected chi connectivity index (χ0v) is 19.2. The molecule has 5 rings (SSSR count). The van der Waals surface area contributed by atoms with Gasteiger partial charge in [-0.1, -0.05) is 41.9 Å². The molecule has 1 aromatic heterocycles. The number of aromatic hydroxyl groups is 1. The summed E-state index contributed by atoms with van der Waals surface area (Å²) < 4.78 is 20.3. The summed E-state index contributed by atoms with van der Waals surface area (Å²) in [5.41, 5.74) is 3.38. The summed E-state index contributed by atoms with van der Waals surface area (Å²) >= 11 is 6.32. The highest BCUT2D eigenvalue weighted by molar-refractivity contribution is 6.31. The molecule has 1 aliphatic rings. The van der Waals surface area contributed by atoms with Crippen LogP contribution in [0.5, 0.6) is 11.5 Å². The lowest BCUT2D eigenvalue weighted by molar-refractivity contribution is 0.0728. The molecule has 1 atom stereocenters. The minimum atomic E-state index is -0.751. The first kappa shape index (κ1) is 22.0. The predicted molar refractivity (Wildman–Crippen MR) is 127 cm³/mol. The molecule has 6 nitrogen and oxygen atoms in total. The van der Waals surface area contributed by atoms with Gasteiger partial charge in [-0.15, -0.1) is 0 Å². The third kappa shape index (κ3) is 3.58. The topological polar surface area (TPSA) is 78.5 Å². The molecule has 1 unspecified atom stereocenters. The second-order valence-corrected chi connectivity index (χ2v) is 8.59. The van der Waals surface area contributed by atoms with Gasteiger partial charge in [0.25, 0.3) is 5.91 Å². The highest BCUT2D eigenvalue weighted by Gasteiger charge is 2.43. The Morgan fingerprint density at radius 3 is 2.62 bits per heavy atom. The molecular formula is C26H21ClFN3O3. The van der Waals surface area contributed by atoms with Crippen molar-refractivity contribution in [3.05, 3.63) is 99.5 Å². The number of nitrogens with one attached hydrogen (secondary N) is 1. The fourth-order valence-corrected chi connectivity index (χ4v) is 4.53. The second-order valence-electron chi connectivity index (χ2n) is 8.18. The first-order chi connectivity index (χ1) is 16.4. The van der Waals surface area contributed by atoms with E-state index >= 15 is 4.39 Å². The molecule has 8 heteroatoms. The Morgan fingerprint density at radius 1 is 1.18 bits per heavy atom. The molecule has 0 bridgehead atoms. The van der Waals surface area contributed by atoms with E-state index in [9.17, 15) is 9.90 Å². The number of aromatic nitrogens is 2. The van der Waals surface area contributed by atoms with E-state index in [-0.39, 0.29) is 23.9 Å². The number of ether oxygens (including phenoxy) is 1. The van der Waals surface area contributed by atoms with Crippen molar-refractivity contribution in [3.8, 4) is 22.8 Å². The number of aryl methyl sites for hydroxylation is 1. The van der Waals surface area contributed by atoms with Crippen LogP contribution in [0.1, 0.15) is 38.8 Å². The van der Waals surface area contributed by atoms with Crippen molar-refractivity contribution in [1.29, 1.82) is 0 Å². The summed E-state index contributed by atoms with van der Waals surface area (Å²) in [5, 5.41) is 18.2. The number of phenolic OH excluding ortho intramolecular Hbond substituents is 1. The van der Waals surface area contributed by atoms with Crippen LogP contribution < -0.4 is 4.74 Å². The van der Waals surface area contributed by atoms with Gasteiger partial charge in [-0.25, -0.2) is 4.39 Å². The third-order valence-corrected chi connectivity index (χ3v) is 6.51. The van der Waals surface area contributed by atoms with Crippen LogP contribution in [0.25, 0.3) is 11.3 Å². The quantitative estimate of drug-likeness (QED) is 0.390. The van der Waals surface area contributed by atoms with E-state index in [0.29, 0.717) is 38.7 Å². The number of halogens is 2. The Bertz CT molecular complexity index is 1400. The Labute approximate surface area is 200 Å². The first-order valence-electron chi connectivity index (χ1n) is 10.6. The maximum absolute atomic E-state index is 15.1. The van der Waals surface area contributed by atoms with E-state index in [1.807, 2.05) is 24.3 Å². The summed E-state index contributed by atoms with van der Waals surface area (Å²) in [5.74, 6) is -0.0724. The minimum absolute atomic E-state index is 0.0236. The molecule has 0 spiro atoms. The average molecular weight is 478 g/mol. The number of carbonyl (C=O) groups is 1. The van der Waals surface area contributed by atoms with Crippen LogP contribution in [-0.4, -0.2) is 33.2 Å². The summed E-state index contributed by atoms with van der Waals surface area (Å²) in [6, 6.07) is 16.1. The Balaban J connectivity index is 1.66. The number of phenols is 1. The van der Waals surface area contributed by atoms with Gasteiger partial charge in [0, 0.05) is 28.3 Å². The van der Waals surface area contributed by atoms with Crippen LogP contribution in [0.4, 0.5) is 4.39 Å². The van der Waals surface area contributed by atoms with Crippen LogP contribution >= 0.6 is 11.6 Å². The molecule has 2 heterocycles. The lowest BCUT2D eigenvalue weighted by Crippen LogP contribution is -2.29. The molecule has 0 radical (unpaired) electrons. The lowest BCUT2D eigenvalue weighted by Gasteiger charge is -2.27. The van der Waals surface area contributed by atoms with Gasteiger partial charge in [0.2, 0.25) is 0 Å². The van der Waals surface area contributed by atoms with Gasteiger partial charge in [-0.05, 0) is 48.4 Å². The number of H-pyrrole nitrogens is 1. The maximum atomic E-state index is 15.1. The molecule has 172 valence electrons. The van der Waals surface area contributed by atoms with E-state index in [4.69, 9.17) is 16.3 Å². The van der Waals surface area contributed by atoms with Crippen molar-refractivity contribution < 1.29 is 19.0 Å². The summed E-state index contributed by atoms with van der Waals surface area (Å²) in [4.78, 5) is 15.1. The van der Waals surface area contributed by atoms with Gasteiger partial charge < -0.3 is 14.7 Å². The number of aromatic amines is 1. The standard InChI is InChI=1S/C26H21ClFN3O3/c1-14-11-21(32)18(12-19(14)27)23-22-24(30-29-23)26(33)31(13-15-7-9-16(34-2)10-8-15)25(22)17-5-3-4-6-20(17)28/h3-12,25,32H,13H2,1-2H3,(H,29,30). The monoisotopic (exact) mass is 477 g/mol. The Hall–Kier alpha value is -3.84. The SMILES string of the molecule is COc1ccc(CN2C(=O)c3[nH]nc(-c4cc(Cl)c(C)cc4O)c3C2c2ccccc2F)cc1. The number of fused-ring (bicyclic) bond motifs is 1. The number of methoxy groups -OCH3 is 1. The normalized spacial score (nSPS) is 15.0. The second kappa shape index (κ2) is 8.50. The van der Waals surface area contributed by atoms with Gasteiger partial charge in [0.15, 0.2) is 0 Å². The molecule has 3 aromatic carbocycles. The highest BCUT2D eigenvalue weighted by atomic mass is 35.5. The summed E-state index contributed by atoms with van der Waals surface area (Å²) in [7, 11) is 1.58. The number of nitrogens with zero attached hydrogens (tertiary/aromatic N) is 2. The van der Waals surface area contributed by atoms with E-state index in [2.05, 4.69) is 10.2 Å². The summed E-state index contributed by atoms with van der Waals surface area (Å²) in [6.45, 7) is 2.02. The van der Waals surface area contributed by atoms with Gasteiger partial charge in [0.05, 0.1) is 13.2 Å². The predicted octanol–water partition coefficient (Wildman–Crippen LogP) is 5.64. The van der Waals surface area contributed by atoms with E-state index in [1.54, 1.807) is 49.3 Å². The van der Waals surface area contributed by atoms with Gasteiger partial charge in [-0.2, -0.15) is 5.10 Å². The van der Waals surface area contributed by atoms with Crippen molar-refractivity contribution in [2.75, 3.05) is 7.11 Å². The van der Waals surface area contributed by atoms with Crippen molar-refractivity contribution in [3.63, 3.8) is 0 Å². The number of carbonyl (C=O) groups excluding carboxylic acids is 1. The zero-order chi connectivity index (χ0) is 24.0. The zero-order valence-electron chi connectivity index (χ0n) is 18.5. The van der Waals surface area contributed by atoms with E-state index in [0.717, 1.165) is 5.56 Å². The minimum Gasteiger partial charge on any atom is -0.507 e. The maximum Gasteiger partial charge on any atom is 0.273 e.